The van der Waals surface area contributed by atoms with E-state index in [0.29, 0.717) is 37.5 Å². The highest BCUT2D eigenvalue weighted by atomic mass is 16.3. The van der Waals surface area contributed by atoms with Gasteiger partial charge in [-0.15, -0.1) is 0 Å². The van der Waals surface area contributed by atoms with Gasteiger partial charge in [-0.05, 0) is 68.4 Å². The highest BCUT2D eigenvalue weighted by molar-refractivity contribution is 5.95. The zero-order valence-electron chi connectivity index (χ0n) is 16.9. The number of aldehydes is 1. The number of rotatable bonds is 2. The van der Waals surface area contributed by atoms with E-state index in [0.717, 1.165) is 6.42 Å². The number of fused-ring (bicyclic) bond motifs is 5. The molecule has 156 valence electrons. The summed E-state index contributed by atoms with van der Waals surface area (Å²) in [5.74, 6) is -0.898. The van der Waals surface area contributed by atoms with E-state index < -0.39 is 34.2 Å². The molecule has 0 aromatic rings. The van der Waals surface area contributed by atoms with E-state index in [1.807, 2.05) is 13.8 Å². The van der Waals surface area contributed by atoms with Gasteiger partial charge in [-0.3, -0.25) is 4.79 Å². The summed E-state index contributed by atoms with van der Waals surface area (Å²) in [5.41, 5.74) is -3.28. The number of hydrogen-bond donors (Lipinski definition) is 4. The Labute approximate surface area is 165 Å². The molecule has 3 fully saturated rings. The number of ketones is 1. The van der Waals surface area contributed by atoms with Gasteiger partial charge in [-0.25, -0.2) is 0 Å². The molecule has 5 unspecified atom stereocenters. The molecule has 0 bridgehead atoms. The standard InChI is InChI=1S/C22H32O6/c1-19-10-17(26)16(25)9-14(19)15(24)8-13-12(19)4-6-20(2)18(21(3,27)11-23)5-7-22(13,20)28/h8,11-12,14,16-18,25-28H,4-7,9-10H2,1-3H3/t12-,14?,16?,17?,18-,19+,20+,21?,22?/m0/s1. The highest BCUT2D eigenvalue weighted by Gasteiger charge is 2.68. The van der Waals surface area contributed by atoms with Crippen molar-refractivity contribution in [1.29, 1.82) is 0 Å². The predicted octanol–water partition coefficient (Wildman–Crippen LogP) is 1.14. The van der Waals surface area contributed by atoms with Crippen molar-refractivity contribution in [2.45, 2.75) is 82.7 Å². The lowest BCUT2D eigenvalue weighted by molar-refractivity contribution is -0.162. The quantitative estimate of drug-likeness (QED) is 0.524. The average molecular weight is 392 g/mol. The molecule has 6 nitrogen and oxygen atoms in total. The van der Waals surface area contributed by atoms with E-state index in [1.54, 1.807) is 6.08 Å². The van der Waals surface area contributed by atoms with E-state index in [-0.39, 0.29) is 30.0 Å². The molecular formula is C22H32O6. The average Bonchev–Trinajstić information content (AvgIpc) is 2.90. The van der Waals surface area contributed by atoms with Gasteiger partial charge in [-0.1, -0.05) is 13.8 Å². The van der Waals surface area contributed by atoms with Crippen LogP contribution >= 0.6 is 0 Å². The van der Waals surface area contributed by atoms with Crippen LogP contribution in [0.15, 0.2) is 11.6 Å². The van der Waals surface area contributed by atoms with Crippen molar-refractivity contribution in [2.75, 3.05) is 0 Å². The van der Waals surface area contributed by atoms with Gasteiger partial charge in [0.2, 0.25) is 0 Å². The van der Waals surface area contributed by atoms with Crippen molar-refractivity contribution in [3.05, 3.63) is 11.6 Å². The third-order valence-corrected chi connectivity index (χ3v) is 9.06. The van der Waals surface area contributed by atoms with Crippen molar-refractivity contribution in [3.8, 4) is 0 Å². The van der Waals surface area contributed by atoms with Gasteiger partial charge in [0.15, 0.2) is 12.1 Å². The fraction of sp³-hybridized carbons (Fsp3) is 0.818. The number of allylic oxidation sites excluding steroid dienone is 1. The van der Waals surface area contributed by atoms with Gasteiger partial charge in [0.05, 0.1) is 17.8 Å². The number of aliphatic hydroxyl groups excluding tert-OH is 2. The summed E-state index contributed by atoms with van der Waals surface area (Å²) in [5, 5.41) is 43.0. The molecule has 0 aromatic heterocycles. The Balaban J connectivity index is 1.79. The lowest BCUT2D eigenvalue weighted by Gasteiger charge is -2.60. The Hall–Kier alpha value is -1.08. The zero-order valence-corrected chi connectivity index (χ0v) is 16.9. The summed E-state index contributed by atoms with van der Waals surface area (Å²) in [6.45, 7) is 5.44. The van der Waals surface area contributed by atoms with Crippen molar-refractivity contribution < 1.29 is 30.0 Å². The van der Waals surface area contributed by atoms with Gasteiger partial charge in [-0.2, -0.15) is 0 Å². The summed E-state index contributed by atoms with van der Waals surface area (Å²) in [7, 11) is 0. The SMILES string of the molecule is CC(O)(C=O)[C@H]1CCC2(O)C3=CC(=O)C4CC(O)C(O)C[C@]4(C)[C@H]3CC[C@]12C. The maximum atomic E-state index is 13.0. The lowest BCUT2D eigenvalue weighted by Crippen LogP contribution is -2.62. The summed E-state index contributed by atoms with van der Waals surface area (Å²) in [6, 6.07) is 0. The molecule has 0 aromatic carbocycles. The molecule has 4 N–H and O–H groups in total. The third kappa shape index (κ3) is 2.35. The summed E-state index contributed by atoms with van der Waals surface area (Å²) in [6.07, 6.45) is 3.22. The second kappa shape index (κ2) is 5.97. The summed E-state index contributed by atoms with van der Waals surface area (Å²) < 4.78 is 0. The fourth-order valence-corrected chi connectivity index (χ4v) is 7.39. The maximum Gasteiger partial charge on any atom is 0.159 e. The number of carbonyl (C=O) groups is 2. The van der Waals surface area contributed by atoms with Gasteiger partial charge in [0, 0.05) is 17.3 Å². The summed E-state index contributed by atoms with van der Waals surface area (Å²) in [4.78, 5) is 24.5. The Bertz CT molecular complexity index is 743. The first-order valence-electron chi connectivity index (χ1n) is 10.4. The molecular weight excluding hydrogens is 360 g/mol. The first kappa shape index (κ1) is 20.2. The highest BCUT2D eigenvalue weighted by Crippen LogP contribution is 2.68. The third-order valence-electron chi connectivity index (χ3n) is 9.06. The molecule has 4 aliphatic carbocycles. The van der Waals surface area contributed by atoms with Gasteiger partial charge in [0.25, 0.3) is 0 Å². The molecule has 0 amide bonds. The maximum absolute atomic E-state index is 13.0. The van der Waals surface area contributed by atoms with Crippen molar-refractivity contribution >= 4 is 12.1 Å². The van der Waals surface area contributed by atoms with Crippen LogP contribution in [-0.2, 0) is 9.59 Å². The van der Waals surface area contributed by atoms with E-state index >= 15 is 0 Å². The number of hydrogen-bond acceptors (Lipinski definition) is 6. The first-order valence-corrected chi connectivity index (χ1v) is 10.4. The Morgan fingerprint density at radius 1 is 1.14 bits per heavy atom. The van der Waals surface area contributed by atoms with E-state index in [4.69, 9.17) is 0 Å². The Morgan fingerprint density at radius 2 is 1.82 bits per heavy atom. The minimum atomic E-state index is -1.52. The molecule has 4 rings (SSSR count). The molecule has 0 heterocycles. The van der Waals surface area contributed by atoms with Crippen molar-refractivity contribution in [1.82, 2.24) is 0 Å². The van der Waals surface area contributed by atoms with Crippen molar-refractivity contribution in [3.63, 3.8) is 0 Å². The molecule has 28 heavy (non-hydrogen) atoms. The van der Waals surface area contributed by atoms with Crippen LogP contribution in [0.2, 0.25) is 0 Å². The molecule has 0 aliphatic heterocycles. The van der Waals surface area contributed by atoms with Crippen molar-refractivity contribution in [2.24, 2.45) is 28.6 Å². The van der Waals surface area contributed by atoms with E-state index in [9.17, 15) is 30.0 Å². The van der Waals surface area contributed by atoms with Gasteiger partial charge in [0.1, 0.15) is 5.60 Å². The molecule has 9 atom stereocenters. The van der Waals surface area contributed by atoms with Crippen LogP contribution in [-0.4, -0.2) is 55.9 Å². The summed E-state index contributed by atoms with van der Waals surface area (Å²) >= 11 is 0. The molecule has 3 saturated carbocycles. The molecule has 0 radical (unpaired) electrons. The van der Waals surface area contributed by atoms with Crippen LogP contribution in [0.4, 0.5) is 0 Å². The van der Waals surface area contributed by atoms with Crippen LogP contribution in [0.5, 0.6) is 0 Å². The Kier molecular flexibility index (Phi) is 4.31. The molecule has 0 saturated heterocycles. The van der Waals surface area contributed by atoms with Crippen LogP contribution < -0.4 is 0 Å². The van der Waals surface area contributed by atoms with Gasteiger partial charge < -0.3 is 25.2 Å². The van der Waals surface area contributed by atoms with Crippen LogP contribution in [0.25, 0.3) is 0 Å². The normalized spacial score (nSPS) is 52.8. The predicted molar refractivity (Wildman–Crippen MR) is 101 cm³/mol. The molecule has 0 spiro atoms. The monoisotopic (exact) mass is 392 g/mol. The number of aliphatic hydroxyl groups is 4. The second-order valence-corrected chi connectivity index (χ2v) is 10.4. The zero-order chi connectivity index (χ0) is 20.7. The minimum Gasteiger partial charge on any atom is -0.390 e. The van der Waals surface area contributed by atoms with Gasteiger partial charge >= 0.3 is 0 Å². The Morgan fingerprint density at radius 3 is 2.46 bits per heavy atom. The molecule has 6 heteroatoms. The minimum absolute atomic E-state index is 0.0599. The topological polar surface area (TPSA) is 115 Å². The number of carbonyl (C=O) groups excluding carboxylic acids is 2. The van der Waals surface area contributed by atoms with E-state index in [1.165, 1.54) is 6.92 Å². The fourth-order valence-electron chi connectivity index (χ4n) is 7.39. The second-order valence-electron chi connectivity index (χ2n) is 10.4. The largest absolute Gasteiger partial charge is 0.390 e. The van der Waals surface area contributed by atoms with Crippen LogP contribution in [0.3, 0.4) is 0 Å². The first-order chi connectivity index (χ1) is 12.9. The van der Waals surface area contributed by atoms with Crippen LogP contribution in [0.1, 0.15) is 59.3 Å². The smallest absolute Gasteiger partial charge is 0.159 e. The van der Waals surface area contributed by atoms with Crippen LogP contribution in [0, 0.1) is 28.6 Å². The lowest BCUT2D eigenvalue weighted by atomic mass is 9.45. The van der Waals surface area contributed by atoms with E-state index in [2.05, 4.69) is 0 Å². The molecule has 4 aliphatic rings.